The molecule has 0 heterocycles. The van der Waals surface area contributed by atoms with Crippen molar-refractivity contribution in [2.24, 2.45) is 0 Å². The van der Waals surface area contributed by atoms with Gasteiger partial charge in [0.1, 0.15) is 0 Å². The topological polar surface area (TPSA) is 78.4 Å². The molecule has 120 valence electrons. The summed E-state index contributed by atoms with van der Waals surface area (Å²) in [4.78, 5) is 23.6. The van der Waals surface area contributed by atoms with Crippen molar-refractivity contribution in [3.8, 4) is 0 Å². The Morgan fingerprint density at radius 3 is 2.46 bits per heavy atom. The summed E-state index contributed by atoms with van der Waals surface area (Å²) in [5.41, 5.74) is 3.25. The van der Waals surface area contributed by atoms with Gasteiger partial charge in [-0.2, -0.15) is 0 Å². The minimum absolute atomic E-state index is 0.174. The Hall–Kier alpha value is -3.18. The maximum atomic E-state index is 12.2. The Bertz CT molecular complexity index is 906. The molecule has 5 heteroatoms. The molecular weight excluding hydrogens is 304 g/mol. The molecule has 0 aromatic heterocycles. The van der Waals surface area contributed by atoms with Gasteiger partial charge in [0.15, 0.2) is 0 Å². The summed E-state index contributed by atoms with van der Waals surface area (Å²) >= 11 is 0. The number of benzene rings is 3. The van der Waals surface area contributed by atoms with E-state index in [1.165, 1.54) is 6.07 Å². The molecule has 2 amide bonds. The van der Waals surface area contributed by atoms with Crippen LogP contribution in [0.15, 0.2) is 66.7 Å². The van der Waals surface area contributed by atoms with Gasteiger partial charge in [0.25, 0.3) is 5.91 Å². The van der Waals surface area contributed by atoms with Crippen molar-refractivity contribution in [1.29, 1.82) is 0 Å². The molecule has 24 heavy (non-hydrogen) atoms. The first kappa shape index (κ1) is 15.7. The number of rotatable bonds is 4. The lowest BCUT2D eigenvalue weighted by molar-refractivity contribution is -0.115. The third-order valence-corrected chi connectivity index (χ3v) is 3.69. The van der Waals surface area contributed by atoms with Gasteiger partial charge in [-0.05, 0) is 34.5 Å². The molecular formula is C19H16N2O3. The zero-order valence-corrected chi connectivity index (χ0v) is 12.8. The SMILES string of the molecule is O=C(Cc1ccc2ccccc2c1)Nc1cccc(C(=O)NO)c1. The van der Waals surface area contributed by atoms with Gasteiger partial charge < -0.3 is 5.32 Å². The molecule has 0 bridgehead atoms. The molecule has 0 fully saturated rings. The Balaban J connectivity index is 1.71. The fraction of sp³-hybridized carbons (Fsp3) is 0.0526. The van der Waals surface area contributed by atoms with Gasteiger partial charge >= 0.3 is 0 Å². The Labute approximate surface area is 138 Å². The maximum absolute atomic E-state index is 12.2. The number of hydrogen-bond acceptors (Lipinski definition) is 3. The van der Waals surface area contributed by atoms with Crippen LogP contribution < -0.4 is 10.8 Å². The number of hydrogen-bond donors (Lipinski definition) is 3. The average Bonchev–Trinajstić information content (AvgIpc) is 2.61. The van der Waals surface area contributed by atoms with E-state index in [0.717, 1.165) is 16.3 Å². The second-order valence-electron chi connectivity index (χ2n) is 5.43. The van der Waals surface area contributed by atoms with E-state index in [2.05, 4.69) is 5.32 Å². The van der Waals surface area contributed by atoms with E-state index in [9.17, 15) is 9.59 Å². The second kappa shape index (κ2) is 6.93. The van der Waals surface area contributed by atoms with E-state index in [-0.39, 0.29) is 17.9 Å². The molecule has 0 saturated heterocycles. The van der Waals surface area contributed by atoms with E-state index >= 15 is 0 Å². The first-order valence-corrected chi connectivity index (χ1v) is 7.48. The van der Waals surface area contributed by atoms with Crippen LogP contribution in [-0.4, -0.2) is 17.0 Å². The molecule has 0 aliphatic heterocycles. The second-order valence-corrected chi connectivity index (χ2v) is 5.43. The van der Waals surface area contributed by atoms with Crippen molar-refractivity contribution in [2.45, 2.75) is 6.42 Å². The van der Waals surface area contributed by atoms with Crippen molar-refractivity contribution < 1.29 is 14.8 Å². The highest BCUT2D eigenvalue weighted by Gasteiger charge is 2.08. The highest BCUT2D eigenvalue weighted by Crippen LogP contribution is 2.17. The fourth-order valence-electron chi connectivity index (χ4n) is 2.54. The third-order valence-electron chi connectivity index (χ3n) is 3.69. The minimum Gasteiger partial charge on any atom is -0.326 e. The van der Waals surface area contributed by atoms with Gasteiger partial charge in [-0.25, -0.2) is 5.48 Å². The number of hydroxylamine groups is 1. The van der Waals surface area contributed by atoms with Gasteiger partial charge in [0, 0.05) is 11.3 Å². The standard InChI is InChI=1S/C19H16N2O3/c22-18(20-17-7-3-6-16(12-17)19(23)21-24)11-13-8-9-14-4-1-2-5-15(14)10-13/h1-10,12,24H,11H2,(H,20,22)(H,21,23). The molecule has 5 nitrogen and oxygen atoms in total. The Morgan fingerprint density at radius 1 is 0.875 bits per heavy atom. The normalized spacial score (nSPS) is 10.4. The lowest BCUT2D eigenvalue weighted by Crippen LogP contribution is -2.19. The van der Waals surface area contributed by atoms with E-state index in [1.54, 1.807) is 23.7 Å². The Morgan fingerprint density at radius 2 is 1.67 bits per heavy atom. The molecule has 0 spiro atoms. The van der Waals surface area contributed by atoms with Crippen molar-refractivity contribution in [1.82, 2.24) is 5.48 Å². The highest BCUT2D eigenvalue weighted by molar-refractivity contribution is 5.97. The molecule has 0 aliphatic rings. The van der Waals surface area contributed by atoms with E-state index in [1.807, 2.05) is 42.5 Å². The van der Waals surface area contributed by atoms with E-state index in [0.29, 0.717) is 5.69 Å². The fourth-order valence-corrected chi connectivity index (χ4v) is 2.54. The van der Waals surface area contributed by atoms with Gasteiger partial charge in [0.05, 0.1) is 6.42 Å². The number of anilines is 1. The summed E-state index contributed by atoms with van der Waals surface area (Å²) in [5, 5.41) is 13.6. The van der Waals surface area contributed by atoms with E-state index < -0.39 is 5.91 Å². The summed E-state index contributed by atoms with van der Waals surface area (Å²) in [6.07, 6.45) is 0.237. The lowest BCUT2D eigenvalue weighted by Gasteiger charge is -2.08. The number of fused-ring (bicyclic) bond motifs is 1. The van der Waals surface area contributed by atoms with Crippen molar-refractivity contribution in [3.05, 3.63) is 77.9 Å². The van der Waals surface area contributed by atoms with E-state index in [4.69, 9.17) is 5.21 Å². The summed E-state index contributed by atoms with van der Waals surface area (Å²) in [5.74, 6) is -0.799. The summed E-state index contributed by atoms with van der Waals surface area (Å²) in [7, 11) is 0. The number of carbonyl (C=O) groups excluding carboxylic acids is 2. The minimum atomic E-state index is -0.624. The molecule has 0 aliphatic carbocycles. The van der Waals surface area contributed by atoms with Gasteiger partial charge in [-0.1, -0.05) is 48.5 Å². The van der Waals surface area contributed by atoms with Crippen LogP contribution in [0.5, 0.6) is 0 Å². The predicted octanol–water partition coefficient (Wildman–Crippen LogP) is 3.14. The molecule has 3 aromatic carbocycles. The van der Waals surface area contributed by atoms with Crippen LogP contribution in [0.2, 0.25) is 0 Å². The zero-order valence-electron chi connectivity index (χ0n) is 12.8. The van der Waals surface area contributed by atoms with Crippen LogP contribution in [0.1, 0.15) is 15.9 Å². The van der Waals surface area contributed by atoms with Crippen LogP contribution in [0, 0.1) is 0 Å². The molecule has 0 unspecified atom stereocenters. The summed E-state index contributed by atoms with van der Waals surface area (Å²) < 4.78 is 0. The van der Waals surface area contributed by atoms with Crippen molar-refractivity contribution in [3.63, 3.8) is 0 Å². The average molecular weight is 320 g/mol. The number of nitrogens with one attached hydrogen (secondary N) is 2. The van der Waals surface area contributed by atoms with Crippen LogP contribution >= 0.6 is 0 Å². The van der Waals surface area contributed by atoms with Crippen LogP contribution in [0.25, 0.3) is 10.8 Å². The quantitative estimate of drug-likeness (QED) is 0.510. The van der Waals surface area contributed by atoms with Crippen LogP contribution in [0.4, 0.5) is 5.69 Å². The lowest BCUT2D eigenvalue weighted by atomic mass is 10.0. The van der Waals surface area contributed by atoms with Crippen LogP contribution in [-0.2, 0) is 11.2 Å². The monoisotopic (exact) mass is 320 g/mol. The number of amides is 2. The molecule has 3 rings (SSSR count). The van der Waals surface area contributed by atoms with Gasteiger partial charge in [-0.3, -0.25) is 14.8 Å². The highest BCUT2D eigenvalue weighted by atomic mass is 16.5. The molecule has 3 N–H and O–H groups in total. The largest absolute Gasteiger partial charge is 0.326 e. The first-order valence-electron chi connectivity index (χ1n) is 7.48. The first-order chi connectivity index (χ1) is 11.7. The summed E-state index contributed by atoms with van der Waals surface area (Å²) in [6, 6.07) is 20.3. The van der Waals surface area contributed by atoms with Crippen molar-refractivity contribution >= 4 is 28.3 Å². The smallest absolute Gasteiger partial charge is 0.274 e. The van der Waals surface area contributed by atoms with Gasteiger partial charge in [0.2, 0.25) is 5.91 Å². The molecule has 0 atom stereocenters. The van der Waals surface area contributed by atoms with Crippen LogP contribution in [0.3, 0.4) is 0 Å². The predicted molar refractivity (Wildman–Crippen MR) is 92.0 cm³/mol. The number of carbonyl (C=O) groups is 2. The summed E-state index contributed by atoms with van der Waals surface area (Å²) in [6.45, 7) is 0. The molecule has 3 aromatic rings. The van der Waals surface area contributed by atoms with Gasteiger partial charge in [-0.15, -0.1) is 0 Å². The molecule has 0 radical (unpaired) electrons. The zero-order chi connectivity index (χ0) is 16.9. The molecule has 0 saturated carbocycles. The maximum Gasteiger partial charge on any atom is 0.274 e. The Kier molecular flexibility index (Phi) is 4.54. The third kappa shape index (κ3) is 3.59. The van der Waals surface area contributed by atoms with Crippen molar-refractivity contribution in [2.75, 3.05) is 5.32 Å².